The summed E-state index contributed by atoms with van der Waals surface area (Å²) in [6.45, 7) is 0.880. The molecule has 136 valence electrons. The van der Waals surface area contributed by atoms with Gasteiger partial charge in [0.2, 0.25) is 0 Å². The Morgan fingerprint density at radius 2 is 2.09 bits per heavy atom. The molecule has 0 aromatic heterocycles. The van der Waals surface area contributed by atoms with Gasteiger partial charge in [0.15, 0.2) is 6.23 Å². The smallest absolute Gasteiger partial charge is 0.438 e. The van der Waals surface area contributed by atoms with Crippen molar-refractivity contribution in [1.82, 2.24) is 9.99 Å². The highest BCUT2D eigenvalue weighted by Gasteiger charge is 2.30. The molecule has 0 aromatic carbocycles. The molecular formula is C11H22Cl2N3O5PS. The monoisotopic (exact) mass is 409 g/mol. The van der Waals surface area contributed by atoms with Crippen LogP contribution in [0.15, 0.2) is 0 Å². The van der Waals surface area contributed by atoms with E-state index in [-0.39, 0.29) is 23.7 Å². The van der Waals surface area contributed by atoms with Gasteiger partial charge in [0, 0.05) is 30.6 Å². The highest BCUT2D eigenvalue weighted by molar-refractivity contribution is 8.00. The molecule has 0 spiro atoms. The summed E-state index contributed by atoms with van der Waals surface area (Å²) in [5.41, 5.74) is 5.76. The Morgan fingerprint density at radius 3 is 2.65 bits per heavy atom. The second-order valence-corrected chi connectivity index (χ2v) is 8.51. The van der Waals surface area contributed by atoms with E-state index in [1.165, 1.54) is 11.8 Å². The van der Waals surface area contributed by atoms with Crippen molar-refractivity contribution in [2.45, 2.75) is 18.0 Å². The van der Waals surface area contributed by atoms with Crippen LogP contribution in [0.25, 0.3) is 0 Å². The molecule has 0 aliphatic carbocycles. The van der Waals surface area contributed by atoms with Crippen molar-refractivity contribution >= 4 is 48.8 Å². The first-order valence-electron chi connectivity index (χ1n) is 6.95. The third-order valence-corrected chi connectivity index (χ3v) is 6.31. The number of rotatable bonds is 10. The van der Waals surface area contributed by atoms with Crippen LogP contribution in [-0.4, -0.2) is 66.7 Å². The van der Waals surface area contributed by atoms with Gasteiger partial charge in [-0.25, -0.2) is 15.0 Å². The van der Waals surface area contributed by atoms with E-state index in [1.807, 2.05) is 0 Å². The number of nitrogens with two attached hydrogens (primary N) is 1. The van der Waals surface area contributed by atoms with Crippen LogP contribution in [0, 0.1) is 0 Å². The lowest BCUT2D eigenvalue weighted by atomic mass is 10.4. The van der Waals surface area contributed by atoms with Crippen LogP contribution in [0.1, 0.15) is 6.42 Å². The zero-order valence-electron chi connectivity index (χ0n) is 12.8. The molecule has 0 amide bonds. The number of carbonyl (C=O) groups excluding carboxylic acids is 1. The molecule has 1 saturated heterocycles. The highest BCUT2D eigenvalue weighted by Crippen LogP contribution is 2.42. The van der Waals surface area contributed by atoms with Crippen molar-refractivity contribution in [2.24, 2.45) is 5.50 Å². The van der Waals surface area contributed by atoms with Gasteiger partial charge in [-0.15, -0.1) is 35.0 Å². The molecule has 12 heteroatoms. The summed E-state index contributed by atoms with van der Waals surface area (Å²) in [5, 5.41) is 3.11. The van der Waals surface area contributed by atoms with Crippen LogP contribution in [0.5, 0.6) is 0 Å². The number of nitrogens with one attached hydrogen (secondary N) is 1. The van der Waals surface area contributed by atoms with Crippen molar-refractivity contribution < 1.29 is 23.4 Å². The molecule has 0 saturated carbocycles. The molecule has 8 nitrogen and oxygen atoms in total. The quantitative estimate of drug-likeness (QED) is 0.318. The second-order valence-electron chi connectivity index (χ2n) is 4.57. The van der Waals surface area contributed by atoms with E-state index < -0.39 is 20.1 Å². The fourth-order valence-electron chi connectivity index (χ4n) is 1.86. The maximum absolute atomic E-state index is 12.4. The topological polar surface area (TPSA) is 103 Å². The fraction of sp³-hybridized carbons (Fsp3) is 0.909. The van der Waals surface area contributed by atoms with E-state index >= 15 is 0 Å². The lowest BCUT2D eigenvalue weighted by molar-refractivity contribution is 0.0346. The Morgan fingerprint density at radius 1 is 1.43 bits per heavy atom. The predicted molar refractivity (Wildman–Crippen MR) is 92.0 cm³/mol. The Bertz CT molecular complexity index is 417. The summed E-state index contributed by atoms with van der Waals surface area (Å²) >= 11 is 12.9. The molecule has 1 rings (SSSR count). The highest BCUT2D eigenvalue weighted by atomic mass is 35.5. The van der Waals surface area contributed by atoms with Gasteiger partial charge in [-0.2, -0.15) is 0 Å². The first-order valence-corrected chi connectivity index (χ1v) is 10.7. The molecule has 1 aliphatic rings. The van der Waals surface area contributed by atoms with E-state index in [0.29, 0.717) is 25.3 Å². The van der Waals surface area contributed by atoms with E-state index in [4.69, 9.17) is 38.0 Å². The van der Waals surface area contributed by atoms with Gasteiger partial charge >= 0.3 is 13.8 Å². The third-order valence-electron chi connectivity index (χ3n) is 2.96. The number of methoxy groups -OCH3 is 1. The number of halogens is 2. The van der Waals surface area contributed by atoms with Gasteiger partial charge in [0.05, 0.1) is 19.1 Å². The molecule has 1 fully saturated rings. The van der Waals surface area contributed by atoms with Gasteiger partial charge in [0.25, 0.3) is 0 Å². The minimum absolute atomic E-state index is 0.0131. The van der Waals surface area contributed by atoms with Gasteiger partial charge in [-0.1, -0.05) is 0 Å². The van der Waals surface area contributed by atoms with Crippen LogP contribution < -0.4 is 10.8 Å². The van der Waals surface area contributed by atoms with Gasteiger partial charge in [-0.05, 0) is 6.42 Å². The summed E-state index contributed by atoms with van der Waals surface area (Å²) in [6, 6.07) is 0. The summed E-state index contributed by atoms with van der Waals surface area (Å²) in [4.78, 5) is 11.0. The van der Waals surface area contributed by atoms with E-state index in [2.05, 4.69) is 10.1 Å². The molecule has 0 bridgehead atoms. The number of ether oxygens (including phenoxy) is 2. The maximum Gasteiger partial charge on any atom is 0.509 e. The van der Waals surface area contributed by atoms with Crippen LogP contribution >= 0.6 is 42.6 Å². The first-order chi connectivity index (χ1) is 10.9. The van der Waals surface area contributed by atoms with E-state index in [1.54, 1.807) is 11.8 Å². The molecule has 3 unspecified atom stereocenters. The number of alkyl halides is 2. The van der Waals surface area contributed by atoms with Gasteiger partial charge in [-0.3, -0.25) is 9.88 Å². The second kappa shape index (κ2) is 11.0. The van der Waals surface area contributed by atoms with Crippen molar-refractivity contribution in [3.05, 3.63) is 0 Å². The predicted octanol–water partition coefficient (Wildman–Crippen LogP) is 2.01. The third kappa shape index (κ3) is 7.79. The van der Waals surface area contributed by atoms with E-state index in [9.17, 15) is 9.36 Å². The molecule has 1 aliphatic heterocycles. The zero-order valence-corrected chi connectivity index (χ0v) is 16.0. The molecule has 23 heavy (non-hydrogen) atoms. The Balaban J connectivity index is 2.33. The summed E-state index contributed by atoms with van der Waals surface area (Å²) in [5.74, 6) is 1.17. The van der Waals surface area contributed by atoms with Crippen LogP contribution in [0.4, 0.5) is 4.79 Å². The van der Waals surface area contributed by atoms with Crippen LogP contribution in [0.3, 0.4) is 0 Å². The van der Waals surface area contributed by atoms with E-state index in [0.717, 1.165) is 0 Å². The Hall–Kier alpha value is 0.270. The first kappa shape index (κ1) is 21.3. The summed E-state index contributed by atoms with van der Waals surface area (Å²) < 4.78 is 28.6. The lowest BCUT2D eigenvalue weighted by Gasteiger charge is -2.26. The van der Waals surface area contributed by atoms with Crippen molar-refractivity contribution in [3.63, 3.8) is 0 Å². The molecule has 1 heterocycles. The van der Waals surface area contributed by atoms with Crippen molar-refractivity contribution in [2.75, 3.05) is 44.3 Å². The maximum atomic E-state index is 12.4. The van der Waals surface area contributed by atoms with Crippen molar-refractivity contribution in [1.29, 1.82) is 0 Å². The molecular weight excluding hydrogens is 388 g/mol. The largest absolute Gasteiger partial charge is 0.509 e. The molecule has 0 aromatic rings. The molecule has 3 N–H and O–H groups in total. The van der Waals surface area contributed by atoms with Crippen molar-refractivity contribution in [3.8, 4) is 0 Å². The average molecular weight is 410 g/mol. The Kier molecular flexibility index (Phi) is 10.2. The minimum atomic E-state index is -3.41. The zero-order chi connectivity index (χ0) is 17.3. The number of carbonyl (C=O) groups is 1. The normalized spacial score (nSPS) is 23.7. The molecule has 0 radical (unpaired) electrons. The fourth-order valence-corrected chi connectivity index (χ4v) is 4.88. The average Bonchev–Trinajstić information content (AvgIpc) is 2.94. The number of nitrogens with zero attached hydrogens (tertiary/aromatic N) is 1. The number of hydrogen-bond acceptors (Lipinski definition) is 7. The molecule has 3 atom stereocenters. The summed E-state index contributed by atoms with van der Waals surface area (Å²) in [6.07, 6.45) is -0.585. The van der Waals surface area contributed by atoms with Crippen LogP contribution in [0.2, 0.25) is 0 Å². The lowest BCUT2D eigenvalue weighted by Crippen LogP contribution is -2.35. The van der Waals surface area contributed by atoms with Gasteiger partial charge < -0.3 is 14.0 Å². The Labute approximate surface area is 150 Å². The number of thioether (sulfide) groups is 1. The van der Waals surface area contributed by atoms with Gasteiger partial charge in [0.1, 0.15) is 0 Å². The number of hydrogen-bond donors (Lipinski definition) is 2. The summed E-state index contributed by atoms with van der Waals surface area (Å²) in [7, 11) is -2.16. The minimum Gasteiger partial charge on any atom is -0.438 e. The van der Waals surface area contributed by atoms with Crippen LogP contribution in [-0.2, 0) is 18.6 Å². The standard InChI is InChI=1S/C11H22Cl2N3O5PS/c1-19-11(17)21-9-8-23-10(15-9)2-7-20-22(14,18)16(5-3-12)6-4-13/h9-10,15H,2-8H2,1H3,(H2,14,18). The SMILES string of the molecule is COC(=O)OC1CSC(CCOP(N)(=O)N(CCCl)CCCl)N1.